The minimum atomic E-state index is -1.90. The zero-order valence-electron chi connectivity index (χ0n) is 14.6. The van der Waals surface area contributed by atoms with Crippen molar-refractivity contribution < 1.29 is 19.1 Å². The van der Waals surface area contributed by atoms with Gasteiger partial charge in [0.2, 0.25) is 5.91 Å². The predicted molar refractivity (Wildman–Crippen MR) is 99.7 cm³/mol. The van der Waals surface area contributed by atoms with Gasteiger partial charge in [0.15, 0.2) is 22.4 Å². The minimum Gasteiger partial charge on any atom is -0.467 e. The molecule has 0 bridgehead atoms. The number of aromatic nitrogens is 1. The van der Waals surface area contributed by atoms with Gasteiger partial charge >= 0.3 is 5.97 Å². The summed E-state index contributed by atoms with van der Waals surface area (Å²) < 4.78 is 4.81. The fraction of sp³-hybridized carbons (Fsp3) is 0.278. The molecule has 0 saturated carbocycles. The van der Waals surface area contributed by atoms with Crippen LogP contribution in [0.5, 0.6) is 0 Å². The van der Waals surface area contributed by atoms with E-state index < -0.39 is 35.5 Å². The van der Waals surface area contributed by atoms with Crippen LogP contribution in [0.4, 0.5) is 0 Å². The van der Waals surface area contributed by atoms with E-state index >= 15 is 0 Å². The van der Waals surface area contributed by atoms with E-state index in [0.29, 0.717) is 16.6 Å². The number of H-pyrrole nitrogens is 1. The smallest absolute Gasteiger partial charge is 0.334 e. The molecule has 2 heterocycles. The van der Waals surface area contributed by atoms with Gasteiger partial charge in [-0.15, -0.1) is 0 Å². The SMILES string of the molecule is COC(=O)[C@@]1(CC(=O)c2c(C)[nH]c3ccccc23)NC(=S)NC(=O)[C@@H]1C#N. The van der Waals surface area contributed by atoms with Gasteiger partial charge in [-0.2, -0.15) is 5.26 Å². The molecule has 9 heteroatoms. The molecule has 2 aromatic rings. The van der Waals surface area contributed by atoms with E-state index in [0.717, 1.165) is 12.6 Å². The lowest BCUT2D eigenvalue weighted by atomic mass is 9.77. The zero-order valence-corrected chi connectivity index (χ0v) is 15.4. The highest BCUT2D eigenvalue weighted by Gasteiger charge is 2.55. The molecule has 3 N–H and O–H groups in total. The Morgan fingerprint density at radius 3 is 2.74 bits per heavy atom. The topological polar surface area (TPSA) is 124 Å². The van der Waals surface area contributed by atoms with Crippen LogP contribution in [0.15, 0.2) is 24.3 Å². The maximum Gasteiger partial charge on any atom is 0.334 e. The summed E-state index contributed by atoms with van der Waals surface area (Å²) in [7, 11) is 1.12. The van der Waals surface area contributed by atoms with Crippen LogP contribution in [0.2, 0.25) is 0 Å². The number of nitriles is 1. The Morgan fingerprint density at radius 2 is 2.07 bits per heavy atom. The molecule has 2 atom stereocenters. The van der Waals surface area contributed by atoms with Gasteiger partial charge in [-0.3, -0.25) is 9.59 Å². The largest absolute Gasteiger partial charge is 0.467 e. The second-order valence-electron chi connectivity index (χ2n) is 6.24. The fourth-order valence-electron chi connectivity index (χ4n) is 3.43. The van der Waals surface area contributed by atoms with Gasteiger partial charge in [0.1, 0.15) is 0 Å². The number of hydrogen-bond acceptors (Lipinski definition) is 6. The first-order chi connectivity index (χ1) is 12.8. The van der Waals surface area contributed by atoms with Crippen molar-refractivity contribution in [3.63, 3.8) is 0 Å². The molecule has 0 unspecified atom stereocenters. The Hall–Kier alpha value is -3.25. The lowest BCUT2D eigenvalue weighted by molar-refractivity contribution is -0.152. The predicted octanol–water partition coefficient (Wildman–Crippen LogP) is 1.10. The van der Waals surface area contributed by atoms with E-state index in [4.69, 9.17) is 17.0 Å². The highest BCUT2D eigenvalue weighted by Crippen LogP contribution is 2.31. The number of thiocarbonyl (C=S) groups is 1. The van der Waals surface area contributed by atoms with E-state index in [1.54, 1.807) is 25.1 Å². The summed E-state index contributed by atoms with van der Waals surface area (Å²) in [5.74, 6) is -3.56. The lowest BCUT2D eigenvalue weighted by Gasteiger charge is -2.38. The van der Waals surface area contributed by atoms with Gasteiger partial charge in [0, 0.05) is 28.6 Å². The van der Waals surface area contributed by atoms with E-state index in [2.05, 4.69) is 15.6 Å². The number of nitrogens with one attached hydrogen (secondary N) is 3. The molecule has 1 saturated heterocycles. The van der Waals surface area contributed by atoms with E-state index in [-0.39, 0.29) is 5.11 Å². The molecule has 1 aromatic carbocycles. The second kappa shape index (κ2) is 6.81. The number of aromatic amines is 1. The van der Waals surface area contributed by atoms with Crippen molar-refractivity contribution in [3.05, 3.63) is 35.5 Å². The third-order valence-corrected chi connectivity index (χ3v) is 4.82. The van der Waals surface area contributed by atoms with Crippen molar-refractivity contribution >= 4 is 45.9 Å². The number of benzene rings is 1. The van der Waals surface area contributed by atoms with Crippen LogP contribution in [0.3, 0.4) is 0 Å². The number of hydrogen-bond donors (Lipinski definition) is 3. The number of carbonyl (C=O) groups excluding carboxylic acids is 3. The molecule has 1 aliphatic heterocycles. The van der Waals surface area contributed by atoms with Gasteiger partial charge < -0.3 is 20.4 Å². The van der Waals surface area contributed by atoms with Crippen molar-refractivity contribution in [2.24, 2.45) is 5.92 Å². The number of ether oxygens (including phenoxy) is 1. The van der Waals surface area contributed by atoms with Crippen molar-refractivity contribution in [2.45, 2.75) is 18.9 Å². The van der Waals surface area contributed by atoms with Crippen LogP contribution < -0.4 is 10.6 Å². The first-order valence-electron chi connectivity index (χ1n) is 8.05. The summed E-state index contributed by atoms with van der Waals surface area (Å²) in [4.78, 5) is 41.1. The maximum absolute atomic E-state index is 13.2. The molecule has 1 aromatic heterocycles. The van der Waals surface area contributed by atoms with Gasteiger partial charge in [-0.05, 0) is 25.2 Å². The average Bonchev–Trinajstić information content (AvgIpc) is 2.96. The van der Waals surface area contributed by atoms with E-state index in [1.165, 1.54) is 0 Å². The normalized spacial score (nSPS) is 21.9. The number of ketones is 1. The van der Waals surface area contributed by atoms with E-state index in [9.17, 15) is 19.6 Å². The Bertz CT molecular complexity index is 1020. The highest BCUT2D eigenvalue weighted by molar-refractivity contribution is 7.80. The van der Waals surface area contributed by atoms with Crippen molar-refractivity contribution in [3.8, 4) is 6.07 Å². The molecule has 1 amide bonds. The molecule has 0 radical (unpaired) electrons. The zero-order chi connectivity index (χ0) is 19.8. The van der Waals surface area contributed by atoms with Crippen LogP contribution in [-0.4, -0.2) is 40.4 Å². The number of amides is 1. The summed E-state index contributed by atoms with van der Waals surface area (Å²) >= 11 is 4.98. The second-order valence-corrected chi connectivity index (χ2v) is 6.65. The summed E-state index contributed by atoms with van der Waals surface area (Å²) in [6, 6.07) is 9.02. The Labute approximate surface area is 159 Å². The highest BCUT2D eigenvalue weighted by atomic mass is 32.1. The molecular formula is C18H16N4O4S. The number of para-hydroxylation sites is 1. The fourth-order valence-corrected chi connectivity index (χ4v) is 3.71. The Morgan fingerprint density at radius 1 is 1.37 bits per heavy atom. The van der Waals surface area contributed by atoms with Crippen LogP contribution >= 0.6 is 12.2 Å². The maximum atomic E-state index is 13.2. The van der Waals surface area contributed by atoms with Crippen LogP contribution in [0, 0.1) is 24.2 Å². The molecule has 0 spiro atoms. The first kappa shape index (κ1) is 18.5. The number of rotatable bonds is 4. The van der Waals surface area contributed by atoms with Crippen molar-refractivity contribution in [1.82, 2.24) is 15.6 Å². The number of fused-ring (bicyclic) bond motifs is 1. The number of methoxy groups -OCH3 is 1. The van der Waals surface area contributed by atoms with Crippen LogP contribution in [-0.2, 0) is 14.3 Å². The molecule has 8 nitrogen and oxygen atoms in total. The van der Waals surface area contributed by atoms with Crippen molar-refractivity contribution in [1.29, 1.82) is 5.26 Å². The Balaban J connectivity index is 2.10. The van der Waals surface area contributed by atoms with Gasteiger partial charge in [0.25, 0.3) is 0 Å². The quantitative estimate of drug-likeness (QED) is 0.410. The number of esters is 1. The summed E-state index contributed by atoms with van der Waals surface area (Å²) in [5.41, 5.74) is -0.112. The molecule has 1 fully saturated rings. The monoisotopic (exact) mass is 384 g/mol. The average molecular weight is 384 g/mol. The summed E-state index contributed by atoms with van der Waals surface area (Å²) in [6.07, 6.45) is -0.464. The number of aryl methyl sites for hydroxylation is 1. The molecule has 0 aliphatic carbocycles. The molecular weight excluding hydrogens is 368 g/mol. The molecule has 27 heavy (non-hydrogen) atoms. The number of Topliss-reactive ketones (excluding diaryl/α,β-unsaturated/α-hetero) is 1. The third kappa shape index (κ3) is 2.94. The van der Waals surface area contributed by atoms with E-state index in [1.807, 2.05) is 12.1 Å². The Kier molecular flexibility index (Phi) is 4.68. The standard InChI is InChI=1S/C18H16N4O4S/c1-9-14(10-5-3-4-6-12(10)20-9)13(23)7-18(16(25)26-2)11(8-19)15(24)21-17(27)22-18/h3-6,11,20H,7H2,1-2H3,(H2,21,22,24,27)/t11-,18-/m0/s1. The van der Waals surface area contributed by atoms with Crippen LogP contribution in [0.25, 0.3) is 10.9 Å². The summed E-state index contributed by atoms with van der Waals surface area (Å²) in [5, 5.41) is 15.0. The third-order valence-electron chi connectivity index (χ3n) is 4.62. The lowest BCUT2D eigenvalue weighted by Crippen LogP contribution is -2.70. The van der Waals surface area contributed by atoms with Crippen LogP contribution in [0.1, 0.15) is 22.5 Å². The first-order valence-corrected chi connectivity index (χ1v) is 8.46. The molecule has 138 valence electrons. The molecule has 1 aliphatic rings. The number of nitrogens with zero attached hydrogens (tertiary/aromatic N) is 1. The van der Waals surface area contributed by atoms with Crippen molar-refractivity contribution in [2.75, 3.05) is 7.11 Å². The van der Waals surface area contributed by atoms with Gasteiger partial charge in [-0.1, -0.05) is 18.2 Å². The minimum absolute atomic E-state index is 0.139. The number of carbonyl (C=O) groups is 3. The van der Waals surface area contributed by atoms with Gasteiger partial charge in [0.05, 0.1) is 13.2 Å². The summed E-state index contributed by atoms with van der Waals surface area (Å²) in [6.45, 7) is 1.74. The van der Waals surface area contributed by atoms with Gasteiger partial charge in [-0.25, -0.2) is 4.79 Å². The molecule has 3 rings (SSSR count).